The van der Waals surface area contributed by atoms with Gasteiger partial charge >= 0.3 is 0 Å². The van der Waals surface area contributed by atoms with E-state index in [0.717, 1.165) is 22.3 Å². The Kier molecular flexibility index (Phi) is 5.96. The maximum Gasteiger partial charge on any atom is 0.274 e. The Labute approximate surface area is 181 Å². The first-order chi connectivity index (χ1) is 15.0. The van der Waals surface area contributed by atoms with Gasteiger partial charge in [0.2, 0.25) is 0 Å². The summed E-state index contributed by atoms with van der Waals surface area (Å²) >= 11 is 0. The molecule has 0 atom stereocenters. The maximum absolute atomic E-state index is 13.6. The number of carbonyl (C=O) groups excluding carboxylic acids is 2. The molecule has 0 saturated carbocycles. The molecule has 3 aromatic carbocycles. The summed E-state index contributed by atoms with van der Waals surface area (Å²) in [7, 11) is 0. The molecule has 5 heteroatoms. The molecule has 5 nitrogen and oxygen atoms in total. The van der Waals surface area contributed by atoms with E-state index in [9.17, 15) is 9.59 Å². The second-order valence-electron chi connectivity index (χ2n) is 7.74. The van der Waals surface area contributed by atoms with Crippen molar-refractivity contribution in [3.63, 3.8) is 0 Å². The smallest absolute Gasteiger partial charge is 0.274 e. The molecule has 2 amide bonds. The van der Waals surface area contributed by atoms with Crippen molar-refractivity contribution < 1.29 is 14.8 Å². The molecule has 2 N–H and O–H groups in total. The van der Waals surface area contributed by atoms with Gasteiger partial charge in [0.15, 0.2) is 0 Å². The van der Waals surface area contributed by atoms with Crippen LogP contribution >= 0.6 is 0 Å². The van der Waals surface area contributed by atoms with Crippen molar-refractivity contribution in [2.24, 2.45) is 0 Å². The Bertz CT molecular complexity index is 1140. The minimum Gasteiger partial charge on any atom is -0.334 e. The monoisotopic (exact) mass is 412 g/mol. The Morgan fingerprint density at radius 3 is 2.39 bits per heavy atom. The fraction of sp³-hybridized carbons (Fsp3) is 0.154. The van der Waals surface area contributed by atoms with E-state index in [-0.39, 0.29) is 5.91 Å². The molecular formula is C26H24N2O3. The Morgan fingerprint density at radius 1 is 0.935 bits per heavy atom. The lowest BCUT2D eigenvalue weighted by Gasteiger charge is -2.30. The molecule has 0 bridgehead atoms. The molecule has 0 aromatic heterocycles. The van der Waals surface area contributed by atoms with Crippen molar-refractivity contribution in [3.8, 4) is 0 Å². The highest BCUT2D eigenvalue weighted by Crippen LogP contribution is 2.26. The van der Waals surface area contributed by atoms with Gasteiger partial charge in [-0.15, -0.1) is 0 Å². The Morgan fingerprint density at radius 2 is 1.68 bits per heavy atom. The molecular weight excluding hydrogens is 388 g/mol. The van der Waals surface area contributed by atoms with Crippen molar-refractivity contribution in [1.29, 1.82) is 0 Å². The lowest BCUT2D eigenvalue weighted by molar-refractivity contribution is -0.125. The van der Waals surface area contributed by atoms with Gasteiger partial charge in [-0.1, -0.05) is 66.2 Å². The largest absolute Gasteiger partial charge is 0.334 e. The van der Waals surface area contributed by atoms with Gasteiger partial charge in [-0.25, -0.2) is 5.48 Å². The summed E-state index contributed by atoms with van der Waals surface area (Å²) in [5.74, 6) is -0.607. The first kappa shape index (κ1) is 20.6. The molecule has 1 aliphatic heterocycles. The van der Waals surface area contributed by atoms with Crippen molar-refractivity contribution >= 4 is 23.5 Å². The number of hydroxylamine groups is 1. The van der Waals surface area contributed by atoms with Crippen LogP contribution in [0.2, 0.25) is 0 Å². The van der Waals surface area contributed by atoms with E-state index >= 15 is 0 Å². The summed E-state index contributed by atoms with van der Waals surface area (Å²) in [4.78, 5) is 27.2. The molecule has 0 spiro atoms. The molecule has 0 fully saturated rings. The van der Waals surface area contributed by atoms with Crippen LogP contribution in [0.3, 0.4) is 0 Å². The van der Waals surface area contributed by atoms with Crippen LogP contribution in [0.25, 0.3) is 11.6 Å². The van der Waals surface area contributed by atoms with Gasteiger partial charge in [0.05, 0.1) is 0 Å². The van der Waals surface area contributed by atoms with Gasteiger partial charge in [0.1, 0.15) is 0 Å². The van der Waals surface area contributed by atoms with Gasteiger partial charge in [0.25, 0.3) is 11.8 Å². The van der Waals surface area contributed by atoms with Crippen molar-refractivity contribution in [2.75, 3.05) is 6.54 Å². The molecule has 0 saturated heterocycles. The van der Waals surface area contributed by atoms with Crippen molar-refractivity contribution in [1.82, 2.24) is 10.4 Å². The normalized spacial score (nSPS) is 13.5. The third-order valence-electron chi connectivity index (χ3n) is 5.57. The molecule has 0 unspecified atom stereocenters. The van der Waals surface area contributed by atoms with E-state index in [1.54, 1.807) is 17.6 Å². The minimum atomic E-state index is -0.560. The zero-order valence-electron chi connectivity index (χ0n) is 17.3. The number of nitrogens with zero attached hydrogens (tertiary/aromatic N) is 1. The number of hydrogen-bond donors (Lipinski definition) is 2. The predicted molar refractivity (Wildman–Crippen MR) is 120 cm³/mol. The molecule has 156 valence electrons. The topological polar surface area (TPSA) is 69.6 Å². The van der Waals surface area contributed by atoms with Crippen LogP contribution in [0.4, 0.5) is 0 Å². The van der Waals surface area contributed by atoms with Gasteiger partial charge < -0.3 is 4.90 Å². The van der Waals surface area contributed by atoms with Crippen LogP contribution in [-0.2, 0) is 17.8 Å². The third-order valence-corrected chi connectivity index (χ3v) is 5.57. The second kappa shape index (κ2) is 8.98. The number of nitrogens with one attached hydrogen (secondary N) is 1. The molecule has 4 rings (SSSR count). The van der Waals surface area contributed by atoms with Crippen LogP contribution in [0.5, 0.6) is 0 Å². The SMILES string of the molecule is Cc1ccc(/C=C(\C(=O)N2CCc3ccc(C(=O)NO)cc3C2)c2ccccc2)cc1. The molecule has 31 heavy (non-hydrogen) atoms. The number of rotatable bonds is 4. The predicted octanol–water partition coefficient (Wildman–Crippen LogP) is 4.24. The first-order valence-corrected chi connectivity index (χ1v) is 10.2. The summed E-state index contributed by atoms with van der Waals surface area (Å²) in [5, 5.41) is 8.92. The third kappa shape index (κ3) is 4.57. The van der Waals surface area contributed by atoms with Gasteiger partial charge in [-0.2, -0.15) is 0 Å². The van der Waals surface area contributed by atoms with Gasteiger partial charge in [-0.05, 0) is 53.8 Å². The van der Waals surface area contributed by atoms with Gasteiger partial charge in [-0.3, -0.25) is 14.8 Å². The van der Waals surface area contributed by atoms with E-state index in [0.29, 0.717) is 30.6 Å². The number of amides is 2. The van der Waals surface area contributed by atoms with E-state index in [4.69, 9.17) is 5.21 Å². The fourth-order valence-electron chi connectivity index (χ4n) is 3.82. The highest BCUT2D eigenvalue weighted by Gasteiger charge is 2.25. The summed E-state index contributed by atoms with van der Waals surface area (Å²) in [6, 6.07) is 23.1. The van der Waals surface area contributed by atoms with Crippen LogP contribution in [0.1, 0.15) is 38.2 Å². The van der Waals surface area contributed by atoms with Crippen molar-refractivity contribution in [3.05, 3.63) is 106 Å². The number of carbonyl (C=O) groups is 2. The summed E-state index contributed by atoms with van der Waals surface area (Å²) < 4.78 is 0. The number of fused-ring (bicyclic) bond motifs is 1. The number of aryl methyl sites for hydroxylation is 1. The summed E-state index contributed by atoms with van der Waals surface area (Å²) in [5.41, 5.74) is 7.71. The fourth-order valence-corrected chi connectivity index (χ4v) is 3.82. The van der Waals surface area contributed by atoms with E-state index in [2.05, 4.69) is 0 Å². The lowest BCUT2D eigenvalue weighted by atomic mass is 9.95. The summed E-state index contributed by atoms with van der Waals surface area (Å²) in [6.45, 7) is 3.06. The summed E-state index contributed by atoms with van der Waals surface area (Å²) in [6.07, 6.45) is 2.65. The molecule has 1 heterocycles. The highest BCUT2D eigenvalue weighted by atomic mass is 16.5. The average Bonchev–Trinajstić information content (AvgIpc) is 2.82. The van der Waals surface area contributed by atoms with E-state index in [1.165, 1.54) is 5.56 Å². The van der Waals surface area contributed by atoms with Gasteiger partial charge in [0, 0.05) is 24.2 Å². The number of hydrogen-bond acceptors (Lipinski definition) is 3. The minimum absolute atomic E-state index is 0.0468. The molecule has 3 aromatic rings. The van der Waals surface area contributed by atoms with Crippen LogP contribution in [-0.4, -0.2) is 28.5 Å². The number of benzene rings is 3. The maximum atomic E-state index is 13.6. The first-order valence-electron chi connectivity index (χ1n) is 10.2. The standard InChI is InChI=1S/C26H24N2O3/c1-18-7-9-19(10-8-18)15-24(21-5-3-2-4-6-21)26(30)28-14-13-20-11-12-22(25(29)27-31)16-23(20)17-28/h2-12,15-16,31H,13-14,17H2,1H3,(H,27,29)/b24-15-. The Balaban J connectivity index is 1.66. The Hall–Kier alpha value is -3.70. The molecule has 0 radical (unpaired) electrons. The van der Waals surface area contributed by atoms with E-state index in [1.807, 2.05) is 78.6 Å². The zero-order valence-corrected chi connectivity index (χ0v) is 17.3. The van der Waals surface area contributed by atoms with E-state index < -0.39 is 5.91 Å². The highest BCUT2D eigenvalue weighted by molar-refractivity contribution is 6.24. The second-order valence-corrected chi connectivity index (χ2v) is 7.74. The van der Waals surface area contributed by atoms with Crippen LogP contribution in [0.15, 0.2) is 72.8 Å². The lowest BCUT2D eigenvalue weighted by Crippen LogP contribution is -2.36. The van der Waals surface area contributed by atoms with Crippen LogP contribution < -0.4 is 5.48 Å². The van der Waals surface area contributed by atoms with Crippen molar-refractivity contribution in [2.45, 2.75) is 19.9 Å². The molecule has 0 aliphatic carbocycles. The molecule has 1 aliphatic rings. The van der Waals surface area contributed by atoms with Crippen LogP contribution in [0, 0.1) is 6.92 Å². The quantitative estimate of drug-likeness (QED) is 0.291. The zero-order chi connectivity index (χ0) is 21.8. The average molecular weight is 412 g/mol.